The van der Waals surface area contributed by atoms with Crippen LogP contribution in [0.1, 0.15) is 101 Å². The van der Waals surface area contributed by atoms with E-state index < -0.39 is 0 Å². The van der Waals surface area contributed by atoms with Crippen molar-refractivity contribution in [3.05, 3.63) is 112 Å². The number of aliphatic hydroxyl groups excluding tert-OH is 1. The average molecular weight is 858 g/mol. The van der Waals surface area contributed by atoms with Gasteiger partial charge in [0.1, 0.15) is 0 Å². The van der Waals surface area contributed by atoms with Crippen LogP contribution in [0.5, 0.6) is 0 Å². The molecule has 2 heterocycles. The minimum atomic E-state index is 0. The van der Waals surface area contributed by atoms with Gasteiger partial charge >= 0.3 is 0 Å². The molecule has 4 nitrogen and oxygen atoms in total. The number of carbonyl (C=O) groups is 1. The number of aromatic nitrogens is 2. The second-order valence-electron chi connectivity index (χ2n) is 14.5. The summed E-state index contributed by atoms with van der Waals surface area (Å²) in [5.74, 6) is 1.98. The first-order valence-corrected chi connectivity index (χ1v) is 18.6. The number of hydrogen-bond acceptors (Lipinski definition) is 3. The van der Waals surface area contributed by atoms with Crippen molar-refractivity contribution in [1.29, 1.82) is 0 Å². The van der Waals surface area contributed by atoms with Crippen LogP contribution in [0.15, 0.2) is 78.6 Å². The Kier molecular flexibility index (Phi) is 13.5. The molecule has 1 aromatic heterocycles. The van der Waals surface area contributed by atoms with Gasteiger partial charge in [-0.15, -0.1) is 34.9 Å². The summed E-state index contributed by atoms with van der Waals surface area (Å²) in [6, 6.07) is 28.3. The van der Waals surface area contributed by atoms with E-state index in [1.807, 2.05) is 27.7 Å². The van der Waals surface area contributed by atoms with Crippen LogP contribution in [0.25, 0.3) is 28.1 Å². The van der Waals surface area contributed by atoms with Gasteiger partial charge in [-0.25, -0.2) is 0 Å². The normalized spacial score (nSPS) is 12.3. The third kappa shape index (κ3) is 8.18. The van der Waals surface area contributed by atoms with Gasteiger partial charge in [-0.2, -0.15) is 0 Å². The predicted octanol–water partition coefficient (Wildman–Crippen LogP) is 9.55. The topological polar surface area (TPSA) is 55.1 Å². The van der Waals surface area contributed by atoms with Gasteiger partial charge in [0.2, 0.25) is 6.71 Å². The SMILES string of the molecule is CCC(CC)C(=O)/C=C(\O)C(CC)CC.Cc1[c-]c(-c2nc3cccc4c3n2-c2ccc(C(C)C)cc2B4c2c(C)cccc2C)cc(C)c1.[Ir]. The summed E-state index contributed by atoms with van der Waals surface area (Å²) in [7, 11) is 0. The molecule has 0 amide bonds. The minimum Gasteiger partial charge on any atom is -0.512 e. The minimum absolute atomic E-state index is 0. The zero-order chi connectivity index (χ0) is 36.3. The molecule has 0 fully saturated rings. The Morgan fingerprint density at radius 1 is 0.843 bits per heavy atom. The van der Waals surface area contributed by atoms with E-state index in [9.17, 15) is 9.90 Å². The maximum Gasteiger partial charge on any atom is 0.247 e. The Labute approximate surface area is 320 Å². The standard InChI is InChI=1S/C32H30BN2.C13H24O2.Ir/c1-19(2)24-13-14-29-27(18-24)33(30-22(5)9-7-10-23(30)6)26-11-8-12-28-31(26)35(29)32(34-28)25-16-20(3)15-21(4)17-25;1-5-10(6-2)12(14)9-13(15)11(7-3)8-4;/h7-16,18-19H,1-6H3;9-11,14H,5-8H2,1-4H3;/q-1;;/b;12-9-;. The second-order valence-corrected chi connectivity index (χ2v) is 14.5. The fraction of sp³-hybridized carbons (Fsp3) is 0.378. The first-order chi connectivity index (χ1) is 23.9. The molecule has 1 aliphatic rings. The van der Waals surface area contributed by atoms with Crippen LogP contribution in [-0.2, 0) is 24.9 Å². The van der Waals surface area contributed by atoms with E-state index in [1.54, 1.807) is 0 Å². The molecule has 269 valence electrons. The van der Waals surface area contributed by atoms with E-state index in [4.69, 9.17) is 4.98 Å². The number of benzene rings is 4. The maximum absolute atomic E-state index is 11.7. The van der Waals surface area contributed by atoms with Crippen LogP contribution in [0, 0.1) is 45.6 Å². The Hall–Kier alpha value is -3.73. The number of para-hydroxylation sites is 1. The van der Waals surface area contributed by atoms with Gasteiger partial charge in [0, 0.05) is 43.7 Å². The number of allylic oxidation sites excluding steroid dienone is 2. The number of rotatable bonds is 10. The molecule has 0 unspecified atom stereocenters. The smallest absolute Gasteiger partial charge is 0.247 e. The van der Waals surface area contributed by atoms with Crippen molar-refractivity contribution in [2.75, 3.05) is 0 Å². The summed E-state index contributed by atoms with van der Waals surface area (Å²) in [4.78, 5) is 16.9. The molecule has 51 heavy (non-hydrogen) atoms. The average Bonchev–Trinajstić information content (AvgIpc) is 3.47. The van der Waals surface area contributed by atoms with Gasteiger partial charge in [-0.1, -0.05) is 114 Å². The van der Waals surface area contributed by atoms with E-state index in [2.05, 4.69) is 119 Å². The molecule has 0 saturated heterocycles. The summed E-state index contributed by atoms with van der Waals surface area (Å²) >= 11 is 0. The van der Waals surface area contributed by atoms with Crippen LogP contribution < -0.4 is 16.4 Å². The molecule has 0 spiro atoms. The summed E-state index contributed by atoms with van der Waals surface area (Å²) in [5.41, 5.74) is 15.0. The number of ketones is 1. The molecular weight excluding hydrogens is 804 g/mol. The van der Waals surface area contributed by atoms with Gasteiger partial charge in [0.25, 0.3) is 0 Å². The summed E-state index contributed by atoms with van der Waals surface area (Å²) in [5, 5.41) is 9.76. The van der Waals surface area contributed by atoms with E-state index >= 15 is 0 Å². The fourth-order valence-corrected chi connectivity index (χ4v) is 7.72. The van der Waals surface area contributed by atoms with E-state index in [1.165, 1.54) is 55.9 Å². The van der Waals surface area contributed by atoms with Crippen LogP contribution >= 0.6 is 0 Å². The van der Waals surface area contributed by atoms with Crippen molar-refractivity contribution in [1.82, 2.24) is 9.55 Å². The summed E-state index contributed by atoms with van der Waals surface area (Å²) < 4.78 is 2.39. The summed E-state index contributed by atoms with van der Waals surface area (Å²) in [6.07, 6.45) is 4.91. The predicted molar refractivity (Wildman–Crippen MR) is 213 cm³/mol. The van der Waals surface area contributed by atoms with Gasteiger partial charge in [-0.05, 0) is 74.1 Å². The number of fused-ring (bicyclic) bond motifs is 2. The molecule has 6 rings (SSSR count). The third-order valence-corrected chi connectivity index (χ3v) is 10.6. The van der Waals surface area contributed by atoms with Crippen LogP contribution in [0.4, 0.5) is 0 Å². The van der Waals surface area contributed by atoms with Crippen molar-refractivity contribution in [3.63, 3.8) is 0 Å². The Bertz CT molecular complexity index is 1990. The van der Waals surface area contributed by atoms with Gasteiger partial charge in [-0.3, -0.25) is 9.78 Å². The van der Waals surface area contributed by atoms with Gasteiger partial charge < -0.3 is 9.67 Å². The van der Waals surface area contributed by atoms with Gasteiger partial charge in [0.05, 0.1) is 22.6 Å². The molecule has 0 atom stereocenters. The fourth-order valence-electron chi connectivity index (χ4n) is 7.72. The zero-order valence-corrected chi connectivity index (χ0v) is 34.5. The molecular formula is C45H54BIrN2O2-. The molecule has 6 heteroatoms. The zero-order valence-electron chi connectivity index (χ0n) is 32.1. The van der Waals surface area contributed by atoms with Crippen LogP contribution in [0.3, 0.4) is 0 Å². The summed E-state index contributed by atoms with van der Waals surface area (Å²) in [6.45, 7) is 21.5. The van der Waals surface area contributed by atoms with Crippen molar-refractivity contribution < 1.29 is 30.0 Å². The van der Waals surface area contributed by atoms with Crippen molar-refractivity contribution in [3.8, 4) is 17.1 Å². The largest absolute Gasteiger partial charge is 0.512 e. The van der Waals surface area contributed by atoms with E-state index in [0.717, 1.165) is 48.2 Å². The Morgan fingerprint density at radius 3 is 2.06 bits per heavy atom. The van der Waals surface area contributed by atoms with Crippen molar-refractivity contribution in [2.24, 2.45) is 11.8 Å². The maximum atomic E-state index is 11.7. The quantitative estimate of drug-likeness (QED) is 0.0647. The number of aliphatic hydroxyl groups is 1. The van der Waals surface area contributed by atoms with Crippen molar-refractivity contribution in [2.45, 2.75) is 101 Å². The molecule has 0 aliphatic carbocycles. The third-order valence-electron chi connectivity index (χ3n) is 10.6. The number of carbonyl (C=O) groups excluding carboxylic acids is 1. The number of imidazole rings is 1. The van der Waals surface area contributed by atoms with Crippen molar-refractivity contribution >= 4 is 39.9 Å². The molecule has 5 aromatic rings. The van der Waals surface area contributed by atoms with E-state index in [-0.39, 0.29) is 50.2 Å². The Morgan fingerprint density at radius 2 is 1.47 bits per heavy atom. The first-order valence-electron chi connectivity index (χ1n) is 18.6. The monoisotopic (exact) mass is 858 g/mol. The van der Waals surface area contributed by atoms with Crippen LogP contribution in [0.2, 0.25) is 0 Å². The molecule has 1 aliphatic heterocycles. The van der Waals surface area contributed by atoms with Gasteiger partial charge in [0.15, 0.2) is 5.78 Å². The molecule has 4 aromatic carbocycles. The molecule has 0 bridgehead atoms. The first kappa shape index (κ1) is 40.1. The Balaban J connectivity index is 0.000000312. The second kappa shape index (κ2) is 17.2. The molecule has 0 saturated carbocycles. The molecule has 1 N–H and O–H groups in total. The van der Waals surface area contributed by atoms with E-state index in [0.29, 0.717) is 5.92 Å². The molecule has 1 radical (unpaired) electrons. The number of hydrogen-bond donors (Lipinski definition) is 1. The number of nitrogens with zero attached hydrogens (tertiary/aromatic N) is 2. The van der Waals surface area contributed by atoms with Crippen LogP contribution in [-0.4, -0.2) is 27.2 Å². The number of aryl methyl sites for hydroxylation is 4.